The summed E-state index contributed by atoms with van der Waals surface area (Å²) in [6.45, 7) is 7.22. The Balaban J connectivity index is 1.61. The van der Waals surface area contributed by atoms with Crippen LogP contribution in [0.5, 0.6) is 0 Å². The maximum Gasteiger partial charge on any atom is 0.127 e. The fraction of sp³-hybridized carbons (Fsp3) is 0.947. The van der Waals surface area contributed by atoms with Crippen LogP contribution in [0.4, 0.5) is 0 Å². The first-order valence-electron chi connectivity index (χ1n) is 9.34. The lowest BCUT2D eigenvalue weighted by atomic mass is 9.47. The summed E-state index contributed by atoms with van der Waals surface area (Å²) in [6.07, 6.45) is 12.0. The monoisotopic (exact) mass is 289 g/mol. The molecule has 1 heterocycles. The van der Waals surface area contributed by atoms with Gasteiger partial charge in [-0.3, -0.25) is 4.90 Å². The molecule has 0 aromatic carbocycles. The second-order valence-electron chi connectivity index (χ2n) is 8.83. The highest BCUT2D eigenvalue weighted by molar-refractivity contribution is 5.62. The summed E-state index contributed by atoms with van der Waals surface area (Å²) in [5.74, 6) is 2.56. The van der Waals surface area contributed by atoms with Crippen molar-refractivity contribution < 1.29 is 4.79 Å². The maximum absolute atomic E-state index is 12.1. The molecule has 4 bridgehead atoms. The standard InChI is InChI=1S/C19H31NO/c1-3-18(4-2)5-6-20(12-18)17-16-8-14-7-15(9-16)11-19(17,10-14)13-21/h13-17H,3-12H2,1-2H3. The number of aldehydes is 1. The van der Waals surface area contributed by atoms with Gasteiger partial charge in [-0.15, -0.1) is 0 Å². The van der Waals surface area contributed by atoms with Crippen LogP contribution in [0, 0.1) is 28.6 Å². The zero-order chi connectivity index (χ0) is 14.7. The number of rotatable bonds is 4. The first-order chi connectivity index (χ1) is 10.1. The molecule has 0 spiro atoms. The predicted molar refractivity (Wildman–Crippen MR) is 85.0 cm³/mol. The zero-order valence-electron chi connectivity index (χ0n) is 13.8. The van der Waals surface area contributed by atoms with Gasteiger partial charge in [0, 0.05) is 18.0 Å². The van der Waals surface area contributed by atoms with Crippen molar-refractivity contribution in [3.05, 3.63) is 0 Å². The van der Waals surface area contributed by atoms with E-state index in [0.29, 0.717) is 11.5 Å². The van der Waals surface area contributed by atoms with Gasteiger partial charge in [-0.25, -0.2) is 0 Å². The van der Waals surface area contributed by atoms with Gasteiger partial charge in [-0.1, -0.05) is 13.8 Å². The molecule has 3 unspecified atom stereocenters. The van der Waals surface area contributed by atoms with Crippen molar-refractivity contribution in [3.8, 4) is 0 Å². The molecule has 2 heteroatoms. The number of hydrogen-bond donors (Lipinski definition) is 0. The summed E-state index contributed by atoms with van der Waals surface area (Å²) in [5.41, 5.74) is 0.574. The average molecular weight is 289 g/mol. The van der Waals surface area contributed by atoms with E-state index in [-0.39, 0.29) is 5.41 Å². The van der Waals surface area contributed by atoms with Crippen molar-refractivity contribution >= 4 is 6.29 Å². The molecule has 4 aliphatic carbocycles. The topological polar surface area (TPSA) is 20.3 Å². The van der Waals surface area contributed by atoms with E-state index >= 15 is 0 Å². The highest BCUT2D eigenvalue weighted by atomic mass is 16.1. The summed E-state index contributed by atoms with van der Waals surface area (Å²) >= 11 is 0. The van der Waals surface area contributed by atoms with E-state index in [1.165, 1.54) is 70.7 Å². The molecule has 5 fully saturated rings. The molecule has 2 nitrogen and oxygen atoms in total. The normalized spacial score (nSPS) is 47.9. The molecule has 5 aliphatic rings. The molecule has 0 radical (unpaired) electrons. The summed E-state index contributed by atoms with van der Waals surface area (Å²) in [4.78, 5) is 14.9. The summed E-state index contributed by atoms with van der Waals surface area (Å²) in [6, 6.07) is 0.586. The van der Waals surface area contributed by atoms with Crippen LogP contribution >= 0.6 is 0 Å². The second kappa shape index (κ2) is 4.81. The van der Waals surface area contributed by atoms with E-state index in [0.717, 1.165) is 17.8 Å². The van der Waals surface area contributed by atoms with Crippen LogP contribution in [0.2, 0.25) is 0 Å². The highest BCUT2D eigenvalue weighted by Gasteiger charge is 2.59. The lowest BCUT2D eigenvalue weighted by Crippen LogP contribution is -2.62. The zero-order valence-corrected chi connectivity index (χ0v) is 13.8. The number of carbonyl (C=O) groups excluding carboxylic acids is 1. The minimum Gasteiger partial charge on any atom is -0.303 e. The van der Waals surface area contributed by atoms with Crippen LogP contribution < -0.4 is 0 Å². The minimum absolute atomic E-state index is 0.0340. The Morgan fingerprint density at radius 1 is 1.10 bits per heavy atom. The van der Waals surface area contributed by atoms with Crippen LogP contribution in [0.15, 0.2) is 0 Å². The minimum atomic E-state index is 0.0340. The van der Waals surface area contributed by atoms with E-state index in [9.17, 15) is 4.79 Å². The van der Waals surface area contributed by atoms with Gasteiger partial charge in [-0.05, 0) is 81.1 Å². The van der Waals surface area contributed by atoms with Gasteiger partial charge in [0.25, 0.3) is 0 Å². The molecule has 21 heavy (non-hydrogen) atoms. The van der Waals surface area contributed by atoms with Gasteiger partial charge in [0.1, 0.15) is 6.29 Å². The Hall–Kier alpha value is -0.370. The Labute approximate surface area is 129 Å². The van der Waals surface area contributed by atoms with Crippen molar-refractivity contribution in [2.75, 3.05) is 13.1 Å². The fourth-order valence-corrected chi connectivity index (χ4v) is 6.94. The van der Waals surface area contributed by atoms with Crippen LogP contribution in [-0.4, -0.2) is 30.3 Å². The molecular formula is C19H31NO. The van der Waals surface area contributed by atoms with Crippen LogP contribution in [-0.2, 0) is 4.79 Å². The number of likely N-dealkylation sites (tertiary alicyclic amines) is 1. The molecule has 0 N–H and O–H groups in total. The number of carbonyl (C=O) groups is 1. The maximum atomic E-state index is 12.1. The van der Waals surface area contributed by atoms with Crippen molar-refractivity contribution in [3.63, 3.8) is 0 Å². The van der Waals surface area contributed by atoms with Gasteiger partial charge in [0.2, 0.25) is 0 Å². The van der Waals surface area contributed by atoms with Crippen molar-refractivity contribution in [1.29, 1.82) is 0 Å². The largest absolute Gasteiger partial charge is 0.303 e. The van der Waals surface area contributed by atoms with Gasteiger partial charge in [0.05, 0.1) is 0 Å². The summed E-state index contributed by atoms with van der Waals surface area (Å²) < 4.78 is 0. The molecule has 1 saturated heterocycles. The quantitative estimate of drug-likeness (QED) is 0.732. The Bertz CT molecular complexity index is 413. The molecule has 0 aromatic heterocycles. The van der Waals surface area contributed by atoms with E-state index in [1.807, 2.05) is 0 Å². The highest BCUT2D eigenvalue weighted by Crippen LogP contribution is 2.61. The van der Waals surface area contributed by atoms with Gasteiger partial charge < -0.3 is 4.79 Å². The van der Waals surface area contributed by atoms with E-state index in [4.69, 9.17) is 0 Å². The Kier molecular flexibility index (Phi) is 3.26. The molecule has 0 amide bonds. The van der Waals surface area contributed by atoms with Gasteiger partial charge in [0.15, 0.2) is 0 Å². The molecule has 0 aromatic rings. The lowest BCUT2D eigenvalue weighted by Gasteiger charge is -2.61. The fourth-order valence-electron chi connectivity index (χ4n) is 6.94. The average Bonchev–Trinajstić information content (AvgIpc) is 2.91. The van der Waals surface area contributed by atoms with Crippen molar-refractivity contribution in [2.45, 2.75) is 71.3 Å². The van der Waals surface area contributed by atoms with Gasteiger partial charge >= 0.3 is 0 Å². The van der Waals surface area contributed by atoms with Crippen LogP contribution in [0.3, 0.4) is 0 Å². The third-order valence-electron chi connectivity index (χ3n) is 7.91. The Morgan fingerprint density at radius 3 is 2.29 bits per heavy atom. The van der Waals surface area contributed by atoms with E-state index < -0.39 is 0 Å². The van der Waals surface area contributed by atoms with Crippen LogP contribution in [0.1, 0.15) is 65.2 Å². The van der Waals surface area contributed by atoms with Gasteiger partial charge in [-0.2, -0.15) is 0 Å². The molecule has 4 saturated carbocycles. The van der Waals surface area contributed by atoms with Crippen molar-refractivity contribution in [2.24, 2.45) is 28.6 Å². The van der Waals surface area contributed by atoms with E-state index in [2.05, 4.69) is 18.7 Å². The summed E-state index contributed by atoms with van der Waals surface area (Å²) in [5, 5.41) is 0. The molecular weight excluding hydrogens is 258 g/mol. The second-order valence-corrected chi connectivity index (χ2v) is 8.83. The first kappa shape index (κ1) is 14.2. The van der Waals surface area contributed by atoms with Crippen LogP contribution in [0.25, 0.3) is 0 Å². The molecule has 1 aliphatic heterocycles. The lowest BCUT2D eigenvalue weighted by molar-refractivity contribution is -0.149. The van der Waals surface area contributed by atoms with E-state index in [1.54, 1.807) is 0 Å². The third-order valence-corrected chi connectivity index (χ3v) is 7.91. The third kappa shape index (κ3) is 1.97. The van der Waals surface area contributed by atoms with Crippen molar-refractivity contribution in [1.82, 2.24) is 4.90 Å². The molecule has 118 valence electrons. The molecule has 5 rings (SSSR count). The molecule has 3 atom stereocenters. The first-order valence-corrected chi connectivity index (χ1v) is 9.34. The number of nitrogens with zero attached hydrogens (tertiary/aromatic N) is 1. The predicted octanol–water partition coefficient (Wildman–Crippen LogP) is 3.89. The smallest absolute Gasteiger partial charge is 0.127 e. The Morgan fingerprint density at radius 2 is 1.76 bits per heavy atom. The summed E-state index contributed by atoms with van der Waals surface area (Å²) in [7, 11) is 0. The number of hydrogen-bond acceptors (Lipinski definition) is 2. The SMILES string of the molecule is CCC1(CC)CCN(C2C3CC4CC(C3)CC2(C=O)C4)C1.